The average Bonchev–Trinajstić information content (AvgIpc) is 1.14. The predicted molar refractivity (Wildman–Crippen MR) is 429 cm³/mol. The van der Waals surface area contributed by atoms with Crippen molar-refractivity contribution in [3.05, 3.63) is 48.6 Å². The first-order valence-corrected chi connectivity index (χ1v) is 43.8. The molecule has 0 aliphatic heterocycles. The van der Waals surface area contributed by atoms with Crippen LogP contribution in [-0.4, -0.2) is 87.4 Å². The molecule has 0 aliphatic carbocycles. The lowest BCUT2D eigenvalue weighted by molar-refractivity contribution is -0.870. The van der Waals surface area contributed by atoms with Crippen molar-refractivity contribution in [3.8, 4) is 0 Å². The summed E-state index contributed by atoms with van der Waals surface area (Å²) in [6.07, 6.45) is 104. The zero-order valence-corrected chi connectivity index (χ0v) is 66.9. The first-order valence-electron chi connectivity index (χ1n) is 43.8. The highest BCUT2D eigenvalue weighted by Gasteiger charge is 2.25. The van der Waals surface area contributed by atoms with E-state index >= 15 is 0 Å². The number of hydrogen-bond donors (Lipinski definition) is 1. The van der Waals surface area contributed by atoms with Crippen molar-refractivity contribution in [2.45, 2.75) is 463 Å². The van der Waals surface area contributed by atoms with Gasteiger partial charge in [0.15, 0.2) is 6.10 Å². The number of ether oxygens (including phenoxy) is 4. The molecule has 582 valence electrons. The van der Waals surface area contributed by atoms with Gasteiger partial charge in [-0.3, -0.25) is 9.59 Å². The Morgan fingerprint density at radius 2 is 0.545 bits per heavy atom. The minimum Gasteiger partial charge on any atom is -0.477 e. The van der Waals surface area contributed by atoms with E-state index < -0.39 is 18.4 Å². The van der Waals surface area contributed by atoms with Gasteiger partial charge in [0, 0.05) is 12.8 Å². The van der Waals surface area contributed by atoms with Crippen LogP contribution in [0.2, 0.25) is 0 Å². The number of allylic oxidation sites excluding steroid dienone is 8. The van der Waals surface area contributed by atoms with Crippen molar-refractivity contribution in [1.82, 2.24) is 0 Å². The van der Waals surface area contributed by atoms with Crippen molar-refractivity contribution in [2.75, 3.05) is 47.5 Å². The van der Waals surface area contributed by atoms with Crippen molar-refractivity contribution in [2.24, 2.45) is 0 Å². The summed E-state index contributed by atoms with van der Waals surface area (Å²) in [5.74, 6) is -1.97. The predicted octanol–water partition coefficient (Wildman–Crippen LogP) is 28.4. The number of carbonyl (C=O) groups excluding carboxylic acids is 2. The van der Waals surface area contributed by atoms with E-state index in [1.54, 1.807) is 0 Å². The van der Waals surface area contributed by atoms with Crippen LogP contribution in [0.1, 0.15) is 450 Å². The highest BCUT2D eigenvalue weighted by Crippen LogP contribution is 2.21. The minimum atomic E-state index is -1.51. The average molecular weight is 1390 g/mol. The van der Waals surface area contributed by atoms with Crippen LogP contribution in [0.3, 0.4) is 0 Å². The summed E-state index contributed by atoms with van der Waals surface area (Å²) in [4.78, 5) is 37.8. The molecule has 9 heteroatoms. The molecule has 0 heterocycles. The summed E-state index contributed by atoms with van der Waals surface area (Å²) >= 11 is 0. The van der Waals surface area contributed by atoms with Gasteiger partial charge in [-0.2, -0.15) is 0 Å². The number of rotatable bonds is 83. The molecule has 0 spiro atoms. The molecule has 0 amide bonds. The Morgan fingerprint density at radius 3 is 0.818 bits per heavy atom. The van der Waals surface area contributed by atoms with Gasteiger partial charge in [-0.25, -0.2) is 4.79 Å². The van der Waals surface area contributed by atoms with E-state index in [0.29, 0.717) is 17.4 Å². The van der Waals surface area contributed by atoms with Crippen LogP contribution in [0.15, 0.2) is 48.6 Å². The largest absolute Gasteiger partial charge is 0.477 e. The molecular formula is C90H170NO8+. The van der Waals surface area contributed by atoms with Gasteiger partial charge in [-0.1, -0.05) is 409 Å². The van der Waals surface area contributed by atoms with Crippen LogP contribution in [0.5, 0.6) is 0 Å². The number of carboxylic acids is 1. The lowest BCUT2D eigenvalue weighted by atomic mass is 10.0. The summed E-state index contributed by atoms with van der Waals surface area (Å²) < 4.78 is 23.1. The number of likely N-dealkylation sites (N-methyl/N-ethyl adjacent to an activating group) is 1. The van der Waals surface area contributed by atoms with E-state index in [9.17, 15) is 19.5 Å². The first kappa shape index (κ1) is 96.2. The van der Waals surface area contributed by atoms with Crippen molar-refractivity contribution in [1.29, 1.82) is 0 Å². The summed E-state index contributed by atoms with van der Waals surface area (Å²) in [5, 5.41) is 9.79. The van der Waals surface area contributed by atoms with Gasteiger partial charge in [0.2, 0.25) is 0 Å². The zero-order valence-electron chi connectivity index (χ0n) is 66.9. The number of carbonyl (C=O) groups is 3. The van der Waals surface area contributed by atoms with Gasteiger partial charge in [-0.15, -0.1) is 0 Å². The van der Waals surface area contributed by atoms with E-state index in [4.69, 9.17) is 18.9 Å². The Hall–Kier alpha value is -2.75. The third-order valence-corrected chi connectivity index (χ3v) is 20.1. The smallest absolute Gasteiger partial charge is 0.361 e. The van der Waals surface area contributed by atoms with Crippen molar-refractivity contribution in [3.63, 3.8) is 0 Å². The highest BCUT2D eigenvalue weighted by atomic mass is 16.7. The molecule has 0 radical (unpaired) electrons. The first-order chi connectivity index (χ1) is 48.6. The quantitative estimate of drug-likeness (QED) is 0.0211. The normalized spacial score (nSPS) is 12.8. The second kappa shape index (κ2) is 80.9. The molecule has 0 aliphatic rings. The third-order valence-electron chi connectivity index (χ3n) is 20.1. The number of unbranched alkanes of at least 4 members (excludes halogenated alkanes) is 60. The van der Waals surface area contributed by atoms with Crippen molar-refractivity contribution >= 4 is 17.9 Å². The Morgan fingerprint density at radius 1 is 0.303 bits per heavy atom. The number of esters is 2. The molecule has 1 N–H and O–H groups in total. The molecule has 9 nitrogen and oxygen atoms in total. The number of quaternary nitrogens is 1. The topological polar surface area (TPSA) is 108 Å². The number of nitrogens with zero attached hydrogens (tertiary/aromatic N) is 1. The van der Waals surface area contributed by atoms with E-state index in [-0.39, 0.29) is 38.2 Å². The Labute approximate surface area is 616 Å². The van der Waals surface area contributed by atoms with E-state index in [0.717, 1.165) is 51.4 Å². The number of carboxylic acid groups (broad SMARTS) is 1. The van der Waals surface area contributed by atoms with Gasteiger partial charge < -0.3 is 28.5 Å². The van der Waals surface area contributed by atoms with Gasteiger partial charge in [0.1, 0.15) is 13.2 Å². The number of aliphatic carboxylic acids is 1. The molecule has 0 fully saturated rings. The fourth-order valence-electron chi connectivity index (χ4n) is 13.4. The molecule has 0 saturated carbocycles. The molecule has 0 bridgehead atoms. The monoisotopic (exact) mass is 1390 g/mol. The second-order valence-electron chi connectivity index (χ2n) is 31.2. The maximum Gasteiger partial charge on any atom is 0.361 e. The SMILES string of the molecule is CCCCCCC/C=C\C/C=C\C/C=C\CCCCCCCCCCCCCCCCCCCCCCCCCCC(=O)OC(COC(=O)CCCCCCCCCCCCCCCCCCCCCCCCC/C=C\CCCCCCCCCC)COC(OCC[N+](C)(C)C)C(=O)O. The fourth-order valence-corrected chi connectivity index (χ4v) is 13.4. The number of hydrogen-bond acceptors (Lipinski definition) is 7. The van der Waals surface area contributed by atoms with E-state index in [2.05, 4.69) is 62.5 Å². The highest BCUT2D eigenvalue weighted by molar-refractivity contribution is 5.71. The van der Waals surface area contributed by atoms with Crippen LogP contribution >= 0.6 is 0 Å². The molecule has 0 aromatic rings. The zero-order chi connectivity index (χ0) is 71.8. The fraction of sp³-hybridized carbons (Fsp3) is 0.878. The molecule has 2 atom stereocenters. The van der Waals surface area contributed by atoms with Crippen LogP contribution in [0.25, 0.3) is 0 Å². The summed E-state index contributed by atoms with van der Waals surface area (Å²) in [6.45, 7) is 4.95. The van der Waals surface area contributed by atoms with Gasteiger partial charge in [0.25, 0.3) is 6.29 Å². The molecule has 0 rings (SSSR count). The standard InChI is InChI=1S/C90H169NO8/c1-6-8-10-12-14-16-18-20-22-24-26-28-30-32-34-36-38-40-42-43-44-45-47-49-51-53-55-57-59-61-63-65-67-69-71-73-75-77-79-81-88(93)99-86(85-98-90(89(94)95)96-83-82-91(3,4)5)84-97-87(92)80-78-76-74-72-70-68-66-64-62-60-58-56-54-52-50-48-46-41-39-37-35-33-31-29-27-25-23-21-19-17-15-13-11-9-7-2/h18,20,24-27,30,32,86,90H,6-17,19,21-23,28-29,31,33-85H2,1-5H3/p+1/b20-18-,26-24-,27-25-,32-30-. The summed E-state index contributed by atoms with van der Waals surface area (Å²) in [6, 6.07) is 0. The lowest BCUT2D eigenvalue weighted by Gasteiger charge is -2.25. The maximum atomic E-state index is 13.0. The summed E-state index contributed by atoms with van der Waals surface area (Å²) in [5.41, 5.74) is 0. The summed E-state index contributed by atoms with van der Waals surface area (Å²) in [7, 11) is 6.00. The molecule has 0 aromatic carbocycles. The second-order valence-corrected chi connectivity index (χ2v) is 31.2. The lowest BCUT2D eigenvalue weighted by Crippen LogP contribution is -2.40. The van der Waals surface area contributed by atoms with Crippen LogP contribution < -0.4 is 0 Å². The molecule has 2 unspecified atom stereocenters. The molecule has 0 aromatic heterocycles. The third kappa shape index (κ3) is 82.4. The van der Waals surface area contributed by atoms with Crippen molar-refractivity contribution < 1.29 is 42.9 Å². The van der Waals surface area contributed by atoms with E-state index in [1.165, 1.54) is 372 Å². The maximum absolute atomic E-state index is 13.0. The van der Waals surface area contributed by atoms with Crippen LogP contribution in [-0.2, 0) is 33.3 Å². The van der Waals surface area contributed by atoms with Crippen LogP contribution in [0, 0.1) is 0 Å². The molecule has 99 heavy (non-hydrogen) atoms. The van der Waals surface area contributed by atoms with Gasteiger partial charge in [-0.05, 0) is 77.0 Å². The molecule has 0 saturated heterocycles. The van der Waals surface area contributed by atoms with Gasteiger partial charge >= 0.3 is 17.9 Å². The minimum absolute atomic E-state index is 0.175. The Balaban J connectivity index is 3.92. The Bertz CT molecular complexity index is 1770. The van der Waals surface area contributed by atoms with Crippen LogP contribution in [0.4, 0.5) is 0 Å². The van der Waals surface area contributed by atoms with Gasteiger partial charge in [0.05, 0.1) is 34.4 Å². The Kier molecular flexibility index (Phi) is 78.7. The molecular weight excluding hydrogens is 1220 g/mol. The van der Waals surface area contributed by atoms with E-state index in [1.807, 2.05) is 21.1 Å².